The van der Waals surface area contributed by atoms with Gasteiger partial charge >= 0.3 is 0 Å². The zero-order valence-electron chi connectivity index (χ0n) is 20.9. The van der Waals surface area contributed by atoms with Crippen molar-refractivity contribution >= 4 is 17.9 Å². The molecule has 0 spiro atoms. The number of fused-ring (bicyclic) bond motifs is 1. The fraction of sp³-hybridized carbons (Fsp3) is 0.357. The first-order valence-electron chi connectivity index (χ1n) is 12.6. The summed E-state index contributed by atoms with van der Waals surface area (Å²) < 4.78 is 12.7. The number of hydrogen-bond acceptors (Lipinski definition) is 6. The summed E-state index contributed by atoms with van der Waals surface area (Å²) in [6.45, 7) is 4.78. The molecule has 1 N–H and O–H groups in total. The first-order chi connectivity index (χ1) is 18.1. The van der Waals surface area contributed by atoms with Crippen molar-refractivity contribution in [1.29, 1.82) is 0 Å². The van der Waals surface area contributed by atoms with Crippen LogP contribution in [0.4, 0.5) is 0 Å². The third kappa shape index (κ3) is 5.99. The molecule has 5 rings (SSSR count). The molecule has 192 valence electrons. The number of rotatable bonds is 8. The smallest absolute Gasteiger partial charge is 0.253 e. The number of carbonyl (C=O) groups is 2. The lowest BCUT2D eigenvalue weighted by Gasteiger charge is -2.32. The summed E-state index contributed by atoms with van der Waals surface area (Å²) in [6.07, 6.45) is 11.2. The van der Waals surface area contributed by atoms with Crippen LogP contribution in [-0.4, -0.2) is 57.7 Å². The molecule has 1 aromatic carbocycles. The van der Waals surface area contributed by atoms with E-state index < -0.39 is 0 Å². The number of benzene rings is 1. The minimum atomic E-state index is -0.0988. The predicted molar refractivity (Wildman–Crippen MR) is 138 cm³/mol. The second-order valence-electron chi connectivity index (χ2n) is 9.34. The molecule has 1 fully saturated rings. The topological polar surface area (TPSA) is 98.6 Å². The summed E-state index contributed by atoms with van der Waals surface area (Å²) in [5, 5.41) is 3.03. The predicted octanol–water partition coefficient (Wildman–Crippen LogP) is 3.55. The molecule has 4 heterocycles. The average Bonchev–Trinajstić information content (AvgIpc) is 3.61. The van der Waals surface area contributed by atoms with E-state index in [9.17, 15) is 9.59 Å². The van der Waals surface area contributed by atoms with E-state index in [1.165, 1.54) is 0 Å². The van der Waals surface area contributed by atoms with Gasteiger partial charge in [-0.25, -0.2) is 4.98 Å². The summed E-state index contributed by atoms with van der Waals surface area (Å²) in [7, 11) is 0. The van der Waals surface area contributed by atoms with Crippen LogP contribution < -0.4 is 14.8 Å². The molecule has 0 bridgehead atoms. The molecule has 2 amide bonds. The number of nitrogens with zero attached hydrogens (tertiary/aromatic N) is 4. The maximum atomic E-state index is 13.0. The largest absolute Gasteiger partial charge is 0.454 e. The molecule has 0 radical (unpaired) electrons. The van der Waals surface area contributed by atoms with Gasteiger partial charge in [0.2, 0.25) is 12.7 Å². The fourth-order valence-corrected chi connectivity index (χ4v) is 4.72. The highest BCUT2D eigenvalue weighted by molar-refractivity contribution is 5.95. The standard InChI is InChI=1S/C28H31N5O4/c1-20-3-6-23(28(35)30-11-2-13-32-16-12-29-18-32)27(31-20)22-9-14-33(15-10-22)26(34)8-5-21-4-7-24-25(17-21)37-19-36-24/h3-8,12,16-18,22H,2,9-11,13-15,19H2,1H3,(H,30,35). The number of imidazole rings is 1. The van der Waals surface area contributed by atoms with E-state index in [1.807, 2.05) is 52.9 Å². The number of hydrogen-bond donors (Lipinski definition) is 1. The third-order valence-corrected chi connectivity index (χ3v) is 6.75. The van der Waals surface area contributed by atoms with Gasteiger partial charge in [-0.3, -0.25) is 14.6 Å². The minimum Gasteiger partial charge on any atom is -0.454 e. The lowest BCUT2D eigenvalue weighted by molar-refractivity contribution is -0.127. The van der Waals surface area contributed by atoms with Gasteiger partial charge in [0.25, 0.3) is 5.91 Å². The number of aromatic nitrogens is 3. The van der Waals surface area contributed by atoms with E-state index in [2.05, 4.69) is 10.3 Å². The Morgan fingerprint density at radius 1 is 1.14 bits per heavy atom. The zero-order valence-corrected chi connectivity index (χ0v) is 20.9. The Morgan fingerprint density at radius 2 is 1.97 bits per heavy atom. The molecule has 3 aromatic rings. The van der Waals surface area contributed by atoms with Crippen LogP contribution >= 0.6 is 0 Å². The van der Waals surface area contributed by atoms with Gasteiger partial charge in [-0.2, -0.15) is 0 Å². The number of pyridine rings is 1. The highest BCUT2D eigenvalue weighted by Gasteiger charge is 2.27. The second-order valence-corrected chi connectivity index (χ2v) is 9.34. The van der Waals surface area contributed by atoms with Crippen LogP contribution in [0.3, 0.4) is 0 Å². The molecule has 0 atom stereocenters. The SMILES string of the molecule is Cc1ccc(C(=O)NCCCn2ccnc2)c(C2CCN(C(=O)C=Cc3ccc4c(c3)OCO4)CC2)n1. The number of amides is 2. The van der Waals surface area contributed by atoms with Gasteiger partial charge in [0, 0.05) is 56.3 Å². The quantitative estimate of drug-likeness (QED) is 0.374. The molecule has 0 unspecified atom stereocenters. The van der Waals surface area contributed by atoms with Gasteiger partial charge in [-0.1, -0.05) is 6.07 Å². The Labute approximate surface area is 216 Å². The summed E-state index contributed by atoms with van der Waals surface area (Å²) >= 11 is 0. The lowest BCUT2D eigenvalue weighted by Crippen LogP contribution is -2.37. The Bertz CT molecular complexity index is 1280. The molecule has 1 saturated heterocycles. The molecule has 2 aromatic heterocycles. The van der Waals surface area contributed by atoms with Crippen LogP contribution in [0.1, 0.15) is 52.5 Å². The minimum absolute atomic E-state index is 0.0239. The third-order valence-electron chi connectivity index (χ3n) is 6.75. The molecular formula is C28H31N5O4. The van der Waals surface area contributed by atoms with Gasteiger partial charge in [0.15, 0.2) is 11.5 Å². The monoisotopic (exact) mass is 501 g/mol. The molecule has 37 heavy (non-hydrogen) atoms. The van der Waals surface area contributed by atoms with Gasteiger partial charge in [-0.05, 0) is 62.1 Å². The number of likely N-dealkylation sites (tertiary alicyclic amines) is 1. The molecule has 9 heteroatoms. The number of piperidine rings is 1. The number of ether oxygens (including phenoxy) is 2. The van der Waals surface area contributed by atoms with Crippen molar-refractivity contribution in [3.05, 3.63) is 77.6 Å². The van der Waals surface area contributed by atoms with Crippen LogP contribution in [0, 0.1) is 6.92 Å². The van der Waals surface area contributed by atoms with E-state index >= 15 is 0 Å². The van der Waals surface area contributed by atoms with Crippen LogP contribution in [0.2, 0.25) is 0 Å². The zero-order chi connectivity index (χ0) is 25.6. The van der Waals surface area contributed by atoms with Crippen molar-refractivity contribution in [2.75, 3.05) is 26.4 Å². The van der Waals surface area contributed by atoms with Crippen molar-refractivity contribution in [2.24, 2.45) is 0 Å². The summed E-state index contributed by atoms with van der Waals surface area (Å²) in [6, 6.07) is 9.36. The van der Waals surface area contributed by atoms with Gasteiger partial charge in [-0.15, -0.1) is 0 Å². The summed E-state index contributed by atoms with van der Waals surface area (Å²) in [4.78, 5) is 36.4. The van der Waals surface area contributed by atoms with Gasteiger partial charge < -0.3 is 24.3 Å². The normalized spacial score (nSPS) is 15.3. The molecular weight excluding hydrogens is 470 g/mol. The Hall–Kier alpha value is -4.14. The van der Waals surface area contributed by atoms with E-state index in [1.54, 1.807) is 24.7 Å². The average molecular weight is 502 g/mol. The molecule has 2 aliphatic heterocycles. The van der Waals surface area contributed by atoms with Crippen LogP contribution in [0.5, 0.6) is 11.5 Å². The molecule has 9 nitrogen and oxygen atoms in total. The maximum Gasteiger partial charge on any atom is 0.253 e. The van der Waals surface area contributed by atoms with E-state index in [4.69, 9.17) is 14.5 Å². The van der Waals surface area contributed by atoms with Crippen molar-refractivity contribution in [3.63, 3.8) is 0 Å². The van der Waals surface area contributed by atoms with Crippen molar-refractivity contribution in [1.82, 2.24) is 24.8 Å². The van der Waals surface area contributed by atoms with E-state index in [0.717, 1.165) is 48.5 Å². The first kappa shape index (κ1) is 24.5. The van der Waals surface area contributed by atoms with E-state index in [0.29, 0.717) is 30.9 Å². The van der Waals surface area contributed by atoms with E-state index in [-0.39, 0.29) is 24.5 Å². The van der Waals surface area contributed by atoms with Crippen LogP contribution in [-0.2, 0) is 11.3 Å². The summed E-state index contributed by atoms with van der Waals surface area (Å²) in [5.74, 6) is 1.42. The van der Waals surface area contributed by atoms with Gasteiger partial charge in [0.1, 0.15) is 0 Å². The maximum absolute atomic E-state index is 13.0. The first-order valence-corrected chi connectivity index (χ1v) is 12.6. The van der Waals surface area contributed by atoms with Crippen molar-refractivity contribution in [2.45, 2.75) is 38.6 Å². The highest BCUT2D eigenvalue weighted by Crippen LogP contribution is 2.33. The van der Waals surface area contributed by atoms with Crippen LogP contribution in [0.15, 0.2) is 55.1 Å². The highest BCUT2D eigenvalue weighted by atomic mass is 16.7. The van der Waals surface area contributed by atoms with Crippen molar-refractivity contribution < 1.29 is 19.1 Å². The summed E-state index contributed by atoms with van der Waals surface area (Å²) in [5.41, 5.74) is 3.23. The Balaban J connectivity index is 1.16. The number of carbonyl (C=O) groups excluding carboxylic acids is 2. The molecule has 0 aliphatic carbocycles. The van der Waals surface area contributed by atoms with Crippen LogP contribution in [0.25, 0.3) is 6.08 Å². The fourth-order valence-electron chi connectivity index (χ4n) is 4.72. The van der Waals surface area contributed by atoms with Crippen molar-refractivity contribution in [3.8, 4) is 11.5 Å². The molecule has 0 saturated carbocycles. The Kier molecular flexibility index (Phi) is 7.49. The lowest BCUT2D eigenvalue weighted by atomic mass is 9.89. The Morgan fingerprint density at radius 3 is 2.78 bits per heavy atom. The second kappa shape index (κ2) is 11.3. The number of nitrogens with one attached hydrogen (secondary N) is 1. The van der Waals surface area contributed by atoms with Gasteiger partial charge in [0.05, 0.1) is 17.6 Å². The number of aryl methyl sites for hydroxylation is 2. The molecule has 2 aliphatic rings.